The van der Waals surface area contributed by atoms with Gasteiger partial charge in [0.2, 0.25) is 0 Å². The van der Waals surface area contributed by atoms with Crippen molar-refractivity contribution >= 4 is 17.5 Å². The Morgan fingerprint density at radius 1 is 1.45 bits per heavy atom. The first-order valence-electron chi connectivity index (χ1n) is 6.52. The Kier molecular flexibility index (Phi) is 7.42. The lowest BCUT2D eigenvalue weighted by Crippen LogP contribution is -2.26. The topological polar surface area (TPSA) is 98.2 Å². The summed E-state index contributed by atoms with van der Waals surface area (Å²) in [5.74, 6) is -1.69. The normalized spacial score (nSPS) is 18.6. The van der Waals surface area contributed by atoms with Crippen molar-refractivity contribution in [3.8, 4) is 0 Å². The summed E-state index contributed by atoms with van der Waals surface area (Å²) in [4.78, 5) is 25.5. The average molecular weight is 282 g/mol. The first kappa shape index (κ1) is 16.2. The van der Waals surface area contributed by atoms with Crippen LogP contribution in [-0.4, -0.2) is 48.4 Å². The van der Waals surface area contributed by atoms with Crippen molar-refractivity contribution in [3.63, 3.8) is 0 Å². The highest BCUT2D eigenvalue weighted by molar-refractivity contribution is 6.64. The lowest BCUT2D eigenvalue weighted by atomic mass is 10.2. The fourth-order valence-electron chi connectivity index (χ4n) is 1.63. The van der Waals surface area contributed by atoms with Crippen LogP contribution >= 0.6 is 0 Å². The molecule has 7 heteroatoms. The predicted molar refractivity (Wildman–Crippen MR) is 68.9 cm³/mol. The molecule has 0 amide bonds. The van der Waals surface area contributed by atoms with Crippen LogP contribution in [0.4, 0.5) is 0 Å². The van der Waals surface area contributed by atoms with E-state index in [2.05, 4.69) is 9.53 Å². The third-order valence-electron chi connectivity index (χ3n) is 2.59. The monoisotopic (exact) mass is 282 g/mol. The second kappa shape index (κ2) is 9.14. The smallest absolute Gasteiger partial charge is 0.445 e. The minimum absolute atomic E-state index is 0.0942. The number of ketones is 1. The SMILES string of the molecule is CCOC(=O)C(=[N+]=[N-])C(=O)/C=C\COC1CCCCO1. The van der Waals surface area contributed by atoms with Gasteiger partial charge < -0.3 is 19.7 Å². The van der Waals surface area contributed by atoms with Crippen LogP contribution in [-0.2, 0) is 23.8 Å². The van der Waals surface area contributed by atoms with Crippen molar-refractivity contribution in [3.05, 3.63) is 17.7 Å². The summed E-state index contributed by atoms with van der Waals surface area (Å²) in [5.41, 5.74) is 7.98. The Balaban J connectivity index is 2.38. The number of allylic oxidation sites excluding steroid dienone is 1. The molecule has 0 spiro atoms. The molecule has 1 rings (SSSR count). The lowest BCUT2D eigenvalue weighted by Gasteiger charge is -2.21. The summed E-state index contributed by atoms with van der Waals surface area (Å²) in [7, 11) is 0. The van der Waals surface area contributed by atoms with E-state index < -0.39 is 17.5 Å². The van der Waals surface area contributed by atoms with Crippen LogP contribution in [0.2, 0.25) is 0 Å². The minimum Gasteiger partial charge on any atom is -0.457 e. The van der Waals surface area contributed by atoms with Gasteiger partial charge in [-0.1, -0.05) is 6.08 Å². The van der Waals surface area contributed by atoms with Crippen molar-refractivity contribution in [2.24, 2.45) is 0 Å². The highest BCUT2D eigenvalue weighted by Gasteiger charge is 2.28. The van der Waals surface area contributed by atoms with E-state index in [9.17, 15) is 9.59 Å². The second-order valence-corrected chi connectivity index (χ2v) is 4.07. The van der Waals surface area contributed by atoms with E-state index in [4.69, 9.17) is 15.0 Å². The Morgan fingerprint density at radius 2 is 2.25 bits per heavy atom. The molecule has 1 aliphatic heterocycles. The molecule has 1 atom stereocenters. The van der Waals surface area contributed by atoms with E-state index in [0.717, 1.165) is 25.3 Å². The number of hydrogen-bond donors (Lipinski definition) is 0. The van der Waals surface area contributed by atoms with E-state index in [1.54, 1.807) is 6.92 Å². The predicted octanol–water partition coefficient (Wildman–Crippen LogP) is 0.889. The van der Waals surface area contributed by atoms with Crippen molar-refractivity contribution in [2.75, 3.05) is 19.8 Å². The fraction of sp³-hybridized carbons (Fsp3) is 0.615. The number of carbonyl (C=O) groups is 2. The third-order valence-corrected chi connectivity index (χ3v) is 2.59. The van der Waals surface area contributed by atoms with Gasteiger partial charge in [-0.3, -0.25) is 4.79 Å². The molecule has 0 N–H and O–H groups in total. The molecule has 0 saturated carbocycles. The number of esters is 1. The first-order valence-corrected chi connectivity index (χ1v) is 6.52. The molecule has 20 heavy (non-hydrogen) atoms. The molecule has 0 aliphatic carbocycles. The molecule has 1 fully saturated rings. The quantitative estimate of drug-likeness (QED) is 0.172. The van der Waals surface area contributed by atoms with Crippen molar-refractivity contribution in [2.45, 2.75) is 32.5 Å². The van der Waals surface area contributed by atoms with Gasteiger partial charge in [0.1, 0.15) is 0 Å². The minimum atomic E-state index is -0.957. The Bertz CT molecular complexity index is 420. The average Bonchev–Trinajstić information content (AvgIpc) is 2.46. The van der Waals surface area contributed by atoms with Gasteiger partial charge in [0.05, 0.1) is 13.2 Å². The molecule has 0 aromatic heterocycles. The Hall–Kier alpha value is -1.82. The van der Waals surface area contributed by atoms with Crippen molar-refractivity contribution in [1.82, 2.24) is 0 Å². The molecule has 1 heterocycles. The second-order valence-electron chi connectivity index (χ2n) is 4.07. The summed E-state index contributed by atoms with van der Waals surface area (Å²) in [6, 6.07) is 0. The Labute approximate surface area is 117 Å². The standard InChI is InChI=1S/C13H18N2O5/c1-2-18-13(17)12(15-14)10(16)6-5-9-20-11-7-3-4-8-19-11/h5-6,11H,2-4,7-9H2,1H3/b6-5-. The maximum atomic E-state index is 11.6. The van der Waals surface area contributed by atoms with Crippen LogP contribution in [0.5, 0.6) is 0 Å². The molecule has 0 aromatic rings. The zero-order valence-electron chi connectivity index (χ0n) is 11.4. The van der Waals surface area contributed by atoms with Gasteiger partial charge in [-0.25, -0.2) is 4.79 Å². The molecule has 0 aromatic carbocycles. The van der Waals surface area contributed by atoms with Crippen LogP contribution in [0, 0.1) is 0 Å². The lowest BCUT2D eigenvalue weighted by molar-refractivity contribution is -0.155. The van der Waals surface area contributed by atoms with Gasteiger partial charge in [0.15, 0.2) is 6.29 Å². The largest absolute Gasteiger partial charge is 0.457 e. The van der Waals surface area contributed by atoms with Crippen molar-refractivity contribution in [1.29, 1.82) is 0 Å². The van der Waals surface area contributed by atoms with E-state index in [0.29, 0.717) is 6.61 Å². The van der Waals surface area contributed by atoms with Crippen LogP contribution in [0.15, 0.2) is 12.2 Å². The van der Waals surface area contributed by atoms with E-state index in [1.165, 1.54) is 6.08 Å². The Morgan fingerprint density at radius 3 is 2.85 bits per heavy atom. The van der Waals surface area contributed by atoms with Gasteiger partial charge in [-0.2, -0.15) is 4.79 Å². The fourth-order valence-corrected chi connectivity index (χ4v) is 1.63. The van der Waals surface area contributed by atoms with Gasteiger partial charge in [0, 0.05) is 6.61 Å². The highest BCUT2D eigenvalue weighted by Crippen LogP contribution is 2.13. The number of carbonyl (C=O) groups excluding carboxylic acids is 2. The zero-order valence-corrected chi connectivity index (χ0v) is 11.4. The van der Waals surface area contributed by atoms with Crippen LogP contribution in [0.3, 0.4) is 0 Å². The van der Waals surface area contributed by atoms with Gasteiger partial charge in [0.25, 0.3) is 5.78 Å². The van der Waals surface area contributed by atoms with Crippen molar-refractivity contribution < 1.29 is 28.6 Å². The summed E-state index contributed by atoms with van der Waals surface area (Å²) in [6.45, 7) is 2.54. The molecule has 1 saturated heterocycles. The van der Waals surface area contributed by atoms with Gasteiger partial charge >= 0.3 is 11.7 Å². The molecule has 1 unspecified atom stereocenters. The molecule has 1 aliphatic rings. The number of rotatable bonds is 7. The van der Waals surface area contributed by atoms with E-state index >= 15 is 0 Å². The summed E-state index contributed by atoms with van der Waals surface area (Å²) in [6.07, 6.45) is 5.20. The summed E-state index contributed by atoms with van der Waals surface area (Å²) >= 11 is 0. The zero-order chi connectivity index (χ0) is 14.8. The maximum Gasteiger partial charge on any atom is 0.445 e. The number of nitrogens with zero attached hydrogens (tertiary/aromatic N) is 2. The van der Waals surface area contributed by atoms with Crippen LogP contribution in [0.1, 0.15) is 26.2 Å². The van der Waals surface area contributed by atoms with Crippen LogP contribution < -0.4 is 0 Å². The van der Waals surface area contributed by atoms with Gasteiger partial charge in [-0.05, 0) is 32.3 Å². The molecule has 7 nitrogen and oxygen atoms in total. The van der Waals surface area contributed by atoms with Gasteiger partial charge in [-0.15, -0.1) is 0 Å². The van der Waals surface area contributed by atoms with E-state index in [1.807, 2.05) is 0 Å². The van der Waals surface area contributed by atoms with E-state index in [-0.39, 0.29) is 19.5 Å². The molecule has 110 valence electrons. The highest BCUT2D eigenvalue weighted by atomic mass is 16.7. The molecular weight excluding hydrogens is 264 g/mol. The number of ether oxygens (including phenoxy) is 3. The summed E-state index contributed by atoms with van der Waals surface area (Å²) < 4.78 is 15.3. The summed E-state index contributed by atoms with van der Waals surface area (Å²) in [5, 5.41) is 0. The number of hydrogen-bond acceptors (Lipinski definition) is 5. The molecule has 0 bridgehead atoms. The maximum absolute atomic E-state index is 11.6. The first-order chi connectivity index (χ1) is 9.69. The molecular formula is C13H18N2O5. The van der Waals surface area contributed by atoms with Crippen LogP contribution in [0.25, 0.3) is 5.53 Å². The molecule has 0 radical (unpaired) electrons. The third kappa shape index (κ3) is 5.44.